The molecule has 2 saturated heterocycles. The van der Waals surface area contributed by atoms with Crippen LogP contribution in [0.25, 0.3) is 0 Å². The Morgan fingerprint density at radius 2 is 1.85 bits per heavy atom. The molecule has 0 spiro atoms. The second-order valence-electron chi connectivity index (χ2n) is 6.52. The fourth-order valence-electron chi connectivity index (χ4n) is 3.34. The molecule has 2 aliphatic heterocycles. The SMILES string of the molecule is COc1ccc(N2CC(NC(=O)N3CCN(C=O)CC3)CC2=O)cc1OC. The minimum absolute atomic E-state index is 0.0571. The first-order chi connectivity index (χ1) is 13.0. The van der Waals surface area contributed by atoms with Gasteiger partial charge in [-0.15, -0.1) is 0 Å². The van der Waals surface area contributed by atoms with Crippen LogP contribution in [0.1, 0.15) is 6.42 Å². The van der Waals surface area contributed by atoms with Crippen LogP contribution in [0.2, 0.25) is 0 Å². The van der Waals surface area contributed by atoms with Gasteiger partial charge in [0.25, 0.3) is 0 Å². The number of hydrogen-bond acceptors (Lipinski definition) is 5. The molecule has 9 nitrogen and oxygen atoms in total. The first kappa shape index (κ1) is 18.8. The predicted molar refractivity (Wildman–Crippen MR) is 98.0 cm³/mol. The number of piperazine rings is 1. The van der Waals surface area contributed by atoms with Gasteiger partial charge in [-0.1, -0.05) is 0 Å². The number of hydrogen-bond donors (Lipinski definition) is 1. The lowest BCUT2D eigenvalue weighted by atomic mass is 10.2. The molecule has 1 unspecified atom stereocenters. The van der Waals surface area contributed by atoms with Crippen LogP contribution in [0.15, 0.2) is 18.2 Å². The summed E-state index contributed by atoms with van der Waals surface area (Å²) in [5, 5.41) is 2.92. The first-order valence-electron chi connectivity index (χ1n) is 8.83. The van der Waals surface area contributed by atoms with Crippen LogP contribution < -0.4 is 19.7 Å². The number of anilines is 1. The van der Waals surface area contributed by atoms with E-state index < -0.39 is 0 Å². The van der Waals surface area contributed by atoms with Gasteiger partial charge in [-0.2, -0.15) is 0 Å². The molecular weight excluding hydrogens is 352 g/mol. The summed E-state index contributed by atoms with van der Waals surface area (Å²) in [7, 11) is 3.10. The Morgan fingerprint density at radius 1 is 1.15 bits per heavy atom. The molecule has 0 aromatic heterocycles. The summed E-state index contributed by atoms with van der Waals surface area (Å²) in [5.41, 5.74) is 0.703. The van der Waals surface area contributed by atoms with E-state index in [1.54, 1.807) is 47.1 Å². The van der Waals surface area contributed by atoms with E-state index in [4.69, 9.17) is 9.47 Å². The van der Waals surface area contributed by atoms with Gasteiger partial charge in [-0.05, 0) is 12.1 Å². The van der Waals surface area contributed by atoms with Crippen molar-refractivity contribution < 1.29 is 23.9 Å². The Morgan fingerprint density at radius 3 is 2.48 bits per heavy atom. The Kier molecular flexibility index (Phi) is 5.68. The highest BCUT2D eigenvalue weighted by molar-refractivity contribution is 5.97. The molecule has 2 fully saturated rings. The normalized spacial score (nSPS) is 19.9. The van der Waals surface area contributed by atoms with Gasteiger partial charge < -0.3 is 29.5 Å². The minimum Gasteiger partial charge on any atom is -0.493 e. The topological polar surface area (TPSA) is 91.4 Å². The zero-order valence-electron chi connectivity index (χ0n) is 15.5. The molecule has 0 aliphatic carbocycles. The van der Waals surface area contributed by atoms with Gasteiger partial charge in [-0.25, -0.2) is 4.79 Å². The van der Waals surface area contributed by atoms with Crippen molar-refractivity contribution >= 4 is 24.0 Å². The molecule has 0 bridgehead atoms. The molecule has 0 saturated carbocycles. The molecule has 1 N–H and O–H groups in total. The van der Waals surface area contributed by atoms with Crippen molar-refractivity contribution in [1.29, 1.82) is 0 Å². The molecule has 0 radical (unpaired) electrons. The Labute approximate surface area is 157 Å². The number of nitrogens with zero attached hydrogens (tertiary/aromatic N) is 3. The molecular formula is C18H24N4O5. The van der Waals surface area contributed by atoms with Gasteiger partial charge >= 0.3 is 6.03 Å². The number of nitrogens with one attached hydrogen (secondary N) is 1. The second-order valence-corrected chi connectivity index (χ2v) is 6.52. The standard InChI is InChI=1S/C18H24N4O5/c1-26-15-4-3-14(10-16(15)27-2)22-11-13(9-17(22)24)19-18(25)21-7-5-20(12-23)6-8-21/h3-4,10,12-13H,5-9,11H2,1-2H3,(H,19,25). The largest absolute Gasteiger partial charge is 0.493 e. The maximum atomic E-state index is 12.4. The summed E-state index contributed by atoms with van der Waals surface area (Å²) in [6.07, 6.45) is 1.04. The lowest BCUT2D eigenvalue weighted by Crippen LogP contribution is -2.53. The van der Waals surface area contributed by atoms with Gasteiger partial charge in [0.1, 0.15) is 0 Å². The van der Waals surface area contributed by atoms with Crippen molar-refractivity contribution in [2.24, 2.45) is 0 Å². The van der Waals surface area contributed by atoms with E-state index in [0.717, 1.165) is 6.41 Å². The van der Waals surface area contributed by atoms with Gasteiger partial charge in [-0.3, -0.25) is 9.59 Å². The molecule has 2 aliphatic rings. The van der Waals surface area contributed by atoms with E-state index in [1.807, 2.05) is 0 Å². The second kappa shape index (κ2) is 8.15. The zero-order chi connectivity index (χ0) is 19.4. The zero-order valence-corrected chi connectivity index (χ0v) is 15.5. The Balaban J connectivity index is 1.60. The van der Waals surface area contributed by atoms with E-state index in [0.29, 0.717) is 49.9 Å². The molecule has 1 aromatic carbocycles. The smallest absolute Gasteiger partial charge is 0.317 e. The highest BCUT2D eigenvalue weighted by Crippen LogP contribution is 2.33. The summed E-state index contributed by atoms with van der Waals surface area (Å²) in [4.78, 5) is 40.5. The lowest BCUT2D eigenvalue weighted by molar-refractivity contribution is -0.119. The van der Waals surface area contributed by atoms with Crippen LogP contribution in [-0.2, 0) is 9.59 Å². The van der Waals surface area contributed by atoms with E-state index in [9.17, 15) is 14.4 Å². The van der Waals surface area contributed by atoms with E-state index in [-0.39, 0.29) is 24.4 Å². The summed E-state index contributed by atoms with van der Waals surface area (Å²) >= 11 is 0. The highest BCUT2D eigenvalue weighted by Gasteiger charge is 2.33. The third-order valence-corrected chi connectivity index (χ3v) is 4.88. The molecule has 1 aromatic rings. The van der Waals surface area contributed by atoms with Crippen molar-refractivity contribution in [2.45, 2.75) is 12.5 Å². The van der Waals surface area contributed by atoms with Crippen LogP contribution in [-0.4, -0.2) is 81.1 Å². The highest BCUT2D eigenvalue weighted by atomic mass is 16.5. The van der Waals surface area contributed by atoms with Crippen LogP contribution in [0.5, 0.6) is 11.5 Å². The number of carbonyl (C=O) groups is 3. The maximum Gasteiger partial charge on any atom is 0.317 e. The molecule has 2 heterocycles. The summed E-state index contributed by atoms with van der Waals surface area (Å²) in [5.74, 6) is 1.08. The monoisotopic (exact) mass is 376 g/mol. The van der Waals surface area contributed by atoms with Gasteiger partial charge in [0, 0.05) is 50.9 Å². The van der Waals surface area contributed by atoms with E-state index in [1.165, 1.54) is 0 Å². The number of urea groups is 1. The third kappa shape index (κ3) is 4.07. The fraction of sp³-hybridized carbons (Fsp3) is 0.500. The van der Waals surface area contributed by atoms with Crippen LogP contribution in [0.3, 0.4) is 0 Å². The van der Waals surface area contributed by atoms with E-state index >= 15 is 0 Å². The summed E-state index contributed by atoms with van der Waals surface area (Å²) in [6, 6.07) is 4.83. The van der Waals surface area contributed by atoms with Crippen molar-refractivity contribution in [2.75, 3.05) is 51.8 Å². The van der Waals surface area contributed by atoms with Crippen LogP contribution in [0, 0.1) is 0 Å². The predicted octanol–water partition coefficient (Wildman–Crippen LogP) is 0.293. The molecule has 9 heteroatoms. The Bertz CT molecular complexity index is 718. The summed E-state index contributed by atoms with van der Waals surface area (Å²) in [6.45, 7) is 2.43. The quantitative estimate of drug-likeness (QED) is 0.746. The molecule has 3 rings (SSSR count). The number of carbonyl (C=O) groups excluding carboxylic acids is 3. The number of rotatable bonds is 5. The number of methoxy groups -OCH3 is 2. The fourth-order valence-corrected chi connectivity index (χ4v) is 3.34. The molecule has 27 heavy (non-hydrogen) atoms. The third-order valence-electron chi connectivity index (χ3n) is 4.88. The van der Waals surface area contributed by atoms with Crippen LogP contribution in [0.4, 0.5) is 10.5 Å². The van der Waals surface area contributed by atoms with Crippen molar-refractivity contribution in [3.63, 3.8) is 0 Å². The van der Waals surface area contributed by atoms with Gasteiger partial charge in [0.05, 0.1) is 20.3 Å². The Hall–Kier alpha value is -2.97. The minimum atomic E-state index is -0.262. The number of ether oxygens (including phenoxy) is 2. The maximum absolute atomic E-state index is 12.4. The first-order valence-corrected chi connectivity index (χ1v) is 8.83. The number of benzene rings is 1. The number of amides is 4. The van der Waals surface area contributed by atoms with Crippen molar-refractivity contribution in [3.05, 3.63) is 18.2 Å². The van der Waals surface area contributed by atoms with Gasteiger partial charge in [0.2, 0.25) is 12.3 Å². The van der Waals surface area contributed by atoms with Crippen molar-refractivity contribution in [3.8, 4) is 11.5 Å². The van der Waals surface area contributed by atoms with Crippen LogP contribution >= 0.6 is 0 Å². The average molecular weight is 376 g/mol. The molecule has 1 atom stereocenters. The molecule has 146 valence electrons. The van der Waals surface area contributed by atoms with E-state index in [2.05, 4.69) is 5.32 Å². The lowest BCUT2D eigenvalue weighted by Gasteiger charge is -2.33. The van der Waals surface area contributed by atoms with Gasteiger partial charge in [0.15, 0.2) is 11.5 Å². The van der Waals surface area contributed by atoms with Crippen molar-refractivity contribution in [1.82, 2.24) is 15.1 Å². The molecule has 4 amide bonds. The summed E-state index contributed by atoms with van der Waals surface area (Å²) < 4.78 is 10.5. The average Bonchev–Trinajstić information content (AvgIpc) is 3.07.